The predicted octanol–water partition coefficient (Wildman–Crippen LogP) is 2.00. The van der Waals surface area contributed by atoms with Gasteiger partial charge in [-0.25, -0.2) is 4.79 Å². The summed E-state index contributed by atoms with van der Waals surface area (Å²) in [7, 11) is 3.06. The third kappa shape index (κ3) is 2.92. The van der Waals surface area contributed by atoms with Crippen LogP contribution < -0.4 is 0 Å². The summed E-state index contributed by atoms with van der Waals surface area (Å²) in [6.07, 6.45) is -0.781. The number of benzene rings is 1. The molecule has 0 unspecified atom stereocenters. The Morgan fingerprint density at radius 3 is 2.70 bits per heavy atom. The van der Waals surface area contributed by atoms with Gasteiger partial charge in [-0.15, -0.1) is 11.6 Å². The Kier molecular flexibility index (Phi) is 4.77. The van der Waals surface area contributed by atoms with E-state index < -0.39 is 17.9 Å². The van der Waals surface area contributed by atoms with E-state index in [0.29, 0.717) is 6.54 Å². The number of hydrogen-bond donors (Lipinski definition) is 0. The van der Waals surface area contributed by atoms with Gasteiger partial charge >= 0.3 is 6.09 Å². The van der Waals surface area contributed by atoms with E-state index in [1.54, 1.807) is 4.90 Å². The fraction of sp³-hybridized carbons (Fsp3) is 0.562. The van der Waals surface area contributed by atoms with E-state index in [9.17, 15) is 4.79 Å². The number of alkyl halides is 1. The van der Waals surface area contributed by atoms with Crippen molar-refractivity contribution in [3.63, 3.8) is 0 Å². The van der Waals surface area contributed by atoms with Gasteiger partial charge in [-0.3, -0.25) is 4.90 Å². The maximum Gasteiger partial charge on any atom is 0.410 e. The van der Waals surface area contributed by atoms with Gasteiger partial charge in [0.1, 0.15) is 25.4 Å². The van der Waals surface area contributed by atoms with E-state index in [1.165, 1.54) is 14.2 Å². The SMILES string of the molecule is COC1(OC)CO[C@H]2[C@@H]1N(C(=O)OCc1ccccc1)C[C@@H]2Cl. The van der Waals surface area contributed by atoms with Crippen LogP contribution in [0.4, 0.5) is 4.79 Å². The van der Waals surface area contributed by atoms with Gasteiger partial charge in [0, 0.05) is 20.8 Å². The van der Waals surface area contributed by atoms with Gasteiger partial charge in [-0.1, -0.05) is 30.3 Å². The van der Waals surface area contributed by atoms with E-state index in [1.807, 2.05) is 30.3 Å². The standard InChI is InChI=1S/C16H20ClNO5/c1-20-16(21-2)10-23-13-12(17)8-18(14(13)16)15(19)22-9-11-6-4-3-5-7-11/h3-7,12-14H,8-10H2,1-2H3/t12-,13+,14-/m0/s1. The zero-order chi connectivity index (χ0) is 16.4. The molecule has 7 heteroatoms. The van der Waals surface area contributed by atoms with Crippen molar-refractivity contribution in [3.05, 3.63) is 35.9 Å². The van der Waals surface area contributed by atoms with Crippen molar-refractivity contribution in [2.24, 2.45) is 0 Å². The molecule has 0 N–H and O–H groups in total. The van der Waals surface area contributed by atoms with Crippen LogP contribution in [0.25, 0.3) is 0 Å². The molecule has 6 nitrogen and oxygen atoms in total. The molecule has 0 spiro atoms. The van der Waals surface area contributed by atoms with E-state index in [-0.39, 0.29) is 24.7 Å². The average Bonchev–Trinajstić information content (AvgIpc) is 3.13. The maximum atomic E-state index is 12.5. The Morgan fingerprint density at radius 2 is 2.04 bits per heavy atom. The van der Waals surface area contributed by atoms with Crippen molar-refractivity contribution in [3.8, 4) is 0 Å². The minimum Gasteiger partial charge on any atom is -0.445 e. The molecule has 126 valence electrons. The van der Waals surface area contributed by atoms with Gasteiger partial charge in [0.2, 0.25) is 5.79 Å². The fourth-order valence-electron chi connectivity index (χ4n) is 3.19. The van der Waals surface area contributed by atoms with Crippen molar-refractivity contribution < 1.29 is 23.7 Å². The third-order valence-electron chi connectivity index (χ3n) is 4.43. The first kappa shape index (κ1) is 16.5. The van der Waals surface area contributed by atoms with Crippen LogP contribution >= 0.6 is 11.6 Å². The number of likely N-dealkylation sites (tertiary alicyclic amines) is 1. The quantitative estimate of drug-likeness (QED) is 0.619. The number of methoxy groups -OCH3 is 2. The summed E-state index contributed by atoms with van der Waals surface area (Å²) in [4.78, 5) is 14.1. The van der Waals surface area contributed by atoms with Crippen LogP contribution in [0.1, 0.15) is 5.56 Å². The van der Waals surface area contributed by atoms with Crippen LogP contribution in [-0.4, -0.2) is 61.7 Å². The summed E-state index contributed by atoms with van der Waals surface area (Å²) in [6, 6.07) is 9.08. The number of rotatable bonds is 4. The second-order valence-electron chi connectivity index (χ2n) is 5.65. The first-order valence-corrected chi connectivity index (χ1v) is 7.88. The first-order chi connectivity index (χ1) is 11.1. The number of nitrogens with zero attached hydrogens (tertiary/aromatic N) is 1. The number of hydrogen-bond acceptors (Lipinski definition) is 5. The van der Waals surface area contributed by atoms with Crippen LogP contribution in [0.2, 0.25) is 0 Å². The van der Waals surface area contributed by atoms with Crippen molar-refractivity contribution in [2.45, 2.75) is 29.9 Å². The van der Waals surface area contributed by atoms with Crippen molar-refractivity contribution >= 4 is 17.7 Å². The van der Waals surface area contributed by atoms with Crippen LogP contribution in [0.15, 0.2) is 30.3 Å². The Morgan fingerprint density at radius 1 is 1.35 bits per heavy atom. The normalized spacial score (nSPS) is 28.7. The molecular weight excluding hydrogens is 322 g/mol. The van der Waals surface area contributed by atoms with Gasteiger partial charge in [-0.05, 0) is 5.56 Å². The molecule has 2 heterocycles. The van der Waals surface area contributed by atoms with E-state index in [4.69, 9.17) is 30.5 Å². The molecule has 2 saturated heterocycles. The molecule has 1 amide bonds. The molecule has 1 aromatic carbocycles. The number of fused-ring (bicyclic) bond motifs is 1. The smallest absolute Gasteiger partial charge is 0.410 e. The number of halogens is 1. The monoisotopic (exact) mass is 341 g/mol. The maximum absolute atomic E-state index is 12.5. The van der Waals surface area contributed by atoms with E-state index >= 15 is 0 Å². The molecule has 3 atom stereocenters. The number of ether oxygens (including phenoxy) is 4. The third-order valence-corrected chi connectivity index (χ3v) is 4.82. The lowest BCUT2D eigenvalue weighted by Crippen LogP contribution is -2.55. The van der Waals surface area contributed by atoms with Gasteiger partial charge in [0.25, 0.3) is 0 Å². The highest BCUT2D eigenvalue weighted by atomic mass is 35.5. The highest BCUT2D eigenvalue weighted by molar-refractivity contribution is 6.21. The van der Waals surface area contributed by atoms with Gasteiger partial charge < -0.3 is 18.9 Å². The molecule has 2 aliphatic heterocycles. The second-order valence-corrected chi connectivity index (χ2v) is 6.21. The van der Waals surface area contributed by atoms with Gasteiger partial charge in [0.15, 0.2) is 0 Å². The second kappa shape index (κ2) is 6.65. The molecule has 2 aliphatic rings. The zero-order valence-electron chi connectivity index (χ0n) is 13.1. The molecular formula is C16H20ClNO5. The molecule has 2 fully saturated rings. The summed E-state index contributed by atoms with van der Waals surface area (Å²) in [5, 5.41) is -0.323. The topological polar surface area (TPSA) is 57.2 Å². The molecule has 0 bridgehead atoms. The number of amides is 1. The van der Waals surface area contributed by atoms with Crippen molar-refractivity contribution in [1.29, 1.82) is 0 Å². The zero-order valence-corrected chi connectivity index (χ0v) is 13.9. The Hall–Kier alpha value is -1.34. The fourth-order valence-corrected chi connectivity index (χ4v) is 3.55. The van der Waals surface area contributed by atoms with Crippen LogP contribution in [0, 0.1) is 0 Å². The Balaban J connectivity index is 1.72. The lowest BCUT2D eigenvalue weighted by molar-refractivity contribution is -0.224. The summed E-state index contributed by atoms with van der Waals surface area (Å²) >= 11 is 6.32. The van der Waals surface area contributed by atoms with Gasteiger partial charge in [-0.2, -0.15) is 0 Å². The molecule has 3 rings (SSSR count). The number of carbonyl (C=O) groups is 1. The first-order valence-electron chi connectivity index (χ1n) is 7.44. The molecule has 23 heavy (non-hydrogen) atoms. The highest BCUT2D eigenvalue weighted by Gasteiger charge is 2.61. The Bertz CT molecular complexity index is 551. The molecule has 0 aliphatic carbocycles. The lowest BCUT2D eigenvalue weighted by Gasteiger charge is -2.35. The largest absolute Gasteiger partial charge is 0.445 e. The van der Waals surface area contributed by atoms with Crippen LogP contribution in [-0.2, 0) is 25.6 Å². The van der Waals surface area contributed by atoms with Crippen molar-refractivity contribution in [2.75, 3.05) is 27.4 Å². The molecule has 0 radical (unpaired) electrons. The minimum atomic E-state index is -1.01. The van der Waals surface area contributed by atoms with E-state index in [2.05, 4.69) is 0 Å². The average molecular weight is 342 g/mol. The predicted molar refractivity (Wildman–Crippen MR) is 83.3 cm³/mol. The van der Waals surface area contributed by atoms with Gasteiger partial charge in [0.05, 0.1) is 5.38 Å². The summed E-state index contributed by atoms with van der Waals surface area (Å²) in [5.74, 6) is -1.01. The summed E-state index contributed by atoms with van der Waals surface area (Å²) in [6.45, 7) is 0.758. The number of carbonyl (C=O) groups excluding carboxylic acids is 1. The highest BCUT2D eigenvalue weighted by Crippen LogP contribution is 2.40. The van der Waals surface area contributed by atoms with Crippen molar-refractivity contribution in [1.82, 2.24) is 4.90 Å². The molecule has 0 saturated carbocycles. The Labute approximate surface area is 140 Å². The summed E-state index contributed by atoms with van der Waals surface area (Å²) < 4.78 is 22.1. The van der Waals surface area contributed by atoms with Crippen LogP contribution in [0.5, 0.6) is 0 Å². The van der Waals surface area contributed by atoms with E-state index in [0.717, 1.165) is 5.56 Å². The van der Waals surface area contributed by atoms with Crippen LogP contribution in [0.3, 0.4) is 0 Å². The molecule has 1 aromatic rings. The molecule has 0 aromatic heterocycles. The lowest BCUT2D eigenvalue weighted by atomic mass is 10.1. The summed E-state index contributed by atoms with van der Waals surface area (Å²) in [5.41, 5.74) is 0.923. The minimum absolute atomic E-state index is 0.203.